The highest BCUT2D eigenvalue weighted by atomic mass is 16.2. The highest BCUT2D eigenvalue weighted by molar-refractivity contribution is 5.77. The summed E-state index contributed by atoms with van der Waals surface area (Å²) in [5.74, 6) is 0.923. The average Bonchev–Trinajstić information content (AvgIpc) is 2.91. The number of carbonyl (C=O) groups excluding carboxylic acids is 1. The third-order valence-corrected chi connectivity index (χ3v) is 3.43. The molecule has 0 unspecified atom stereocenters. The molecule has 5 heteroatoms. The predicted octanol–water partition coefficient (Wildman–Crippen LogP) is 2.16. The van der Waals surface area contributed by atoms with Gasteiger partial charge < -0.3 is 15.4 Å². The molecule has 1 heterocycles. The molecule has 114 valence electrons. The Kier molecular flexibility index (Phi) is 6.22. The van der Waals surface area contributed by atoms with E-state index in [-0.39, 0.29) is 12.5 Å². The first kappa shape index (κ1) is 15.5. The van der Waals surface area contributed by atoms with Gasteiger partial charge in [-0.15, -0.1) is 0 Å². The summed E-state index contributed by atoms with van der Waals surface area (Å²) in [7, 11) is 0. The number of unbranched alkanes of at least 4 members (excludes halogenated alkanes) is 3. The highest BCUT2D eigenvalue weighted by Gasteiger charge is 2.05. The van der Waals surface area contributed by atoms with Crippen LogP contribution in [0.25, 0.3) is 11.0 Å². The summed E-state index contributed by atoms with van der Waals surface area (Å²) in [4.78, 5) is 19.4. The van der Waals surface area contributed by atoms with Crippen molar-refractivity contribution in [2.45, 2.75) is 38.5 Å². The van der Waals surface area contributed by atoms with Crippen LogP contribution in [0, 0.1) is 0 Å². The van der Waals surface area contributed by atoms with Gasteiger partial charge in [-0.1, -0.05) is 25.0 Å². The Morgan fingerprint density at radius 2 is 2.00 bits per heavy atom. The van der Waals surface area contributed by atoms with Crippen molar-refractivity contribution >= 4 is 16.9 Å². The first-order valence-electron chi connectivity index (χ1n) is 7.61. The van der Waals surface area contributed by atoms with Crippen molar-refractivity contribution in [2.75, 3.05) is 13.2 Å². The van der Waals surface area contributed by atoms with Gasteiger partial charge in [-0.25, -0.2) is 4.98 Å². The molecule has 0 saturated carbocycles. The number of para-hydroxylation sites is 2. The number of H-pyrrole nitrogens is 1. The molecule has 1 aromatic heterocycles. The number of aromatic nitrogens is 2. The molecular formula is C16H23N3O2. The molecule has 21 heavy (non-hydrogen) atoms. The Morgan fingerprint density at radius 1 is 1.19 bits per heavy atom. The fraction of sp³-hybridized carbons (Fsp3) is 0.500. The largest absolute Gasteiger partial charge is 0.396 e. The molecule has 0 aliphatic carbocycles. The van der Waals surface area contributed by atoms with Crippen LogP contribution in [-0.4, -0.2) is 34.1 Å². The highest BCUT2D eigenvalue weighted by Crippen LogP contribution is 2.11. The molecule has 0 aliphatic heterocycles. The van der Waals surface area contributed by atoms with Crippen LogP contribution in [0.2, 0.25) is 0 Å². The van der Waals surface area contributed by atoms with Crippen LogP contribution in [0.15, 0.2) is 24.3 Å². The number of nitrogens with zero attached hydrogens (tertiary/aromatic N) is 1. The Balaban J connectivity index is 1.64. The van der Waals surface area contributed by atoms with E-state index in [1.165, 1.54) is 0 Å². The molecule has 5 nitrogen and oxygen atoms in total. The average molecular weight is 289 g/mol. The Bertz CT molecular complexity index is 532. The molecule has 2 rings (SSSR count). The zero-order valence-electron chi connectivity index (χ0n) is 12.3. The number of aliphatic hydroxyl groups is 1. The van der Waals surface area contributed by atoms with Gasteiger partial charge in [-0.3, -0.25) is 4.79 Å². The molecule has 3 N–H and O–H groups in total. The molecule has 2 aromatic rings. The third kappa shape index (κ3) is 5.19. The van der Waals surface area contributed by atoms with E-state index in [0.29, 0.717) is 19.4 Å². The minimum atomic E-state index is 0.0672. The second-order valence-corrected chi connectivity index (χ2v) is 5.19. The van der Waals surface area contributed by atoms with E-state index < -0.39 is 0 Å². The van der Waals surface area contributed by atoms with Crippen LogP contribution in [0.4, 0.5) is 0 Å². The number of aromatic amines is 1. The molecule has 0 bridgehead atoms. The van der Waals surface area contributed by atoms with Gasteiger partial charge in [0.2, 0.25) is 5.91 Å². The maximum absolute atomic E-state index is 11.7. The predicted molar refractivity (Wildman–Crippen MR) is 83.0 cm³/mol. The number of hydrogen-bond acceptors (Lipinski definition) is 3. The SMILES string of the molecule is O=C(CCc1nc2ccccc2[nH]1)NCCCCCCO. The van der Waals surface area contributed by atoms with Gasteiger partial charge in [0.25, 0.3) is 0 Å². The van der Waals surface area contributed by atoms with E-state index in [9.17, 15) is 4.79 Å². The lowest BCUT2D eigenvalue weighted by Gasteiger charge is -2.04. The molecule has 1 amide bonds. The van der Waals surface area contributed by atoms with Gasteiger partial charge in [-0.05, 0) is 25.0 Å². The van der Waals surface area contributed by atoms with Gasteiger partial charge in [-0.2, -0.15) is 0 Å². The van der Waals surface area contributed by atoms with Crippen LogP contribution < -0.4 is 5.32 Å². The van der Waals surface area contributed by atoms with E-state index >= 15 is 0 Å². The van der Waals surface area contributed by atoms with Crippen LogP contribution in [-0.2, 0) is 11.2 Å². The molecule has 0 fully saturated rings. The maximum atomic E-state index is 11.7. The Morgan fingerprint density at radius 3 is 2.81 bits per heavy atom. The number of nitrogens with one attached hydrogen (secondary N) is 2. The van der Waals surface area contributed by atoms with Crippen LogP contribution in [0.1, 0.15) is 37.9 Å². The first-order chi connectivity index (χ1) is 10.3. The molecule has 0 saturated heterocycles. The van der Waals surface area contributed by atoms with Crippen LogP contribution in [0.3, 0.4) is 0 Å². The lowest BCUT2D eigenvalue weighted by molar-refractivity contribution is -0.121. The van der Waals surface area contributed by atoms with Gasteiger partial charge in [0.1, 0.15) is 5.82 Å². The lowest BCUT2D eigenvalue weighted by atomic mass is 10.2. The van der Waals surface area contributed by atoms with Gasteiger partial charge in [0.15, 0.2) is 0 Å². The van der Waals surface area contributed by atoms with Gasteiger partial charge in [0, 0.05) is 26.0 Å². The lowest BCUT2D eigenvalue weighted by Crippen LogP contribution is -2.24. The van der Waals surface area contributed by atoms with E-state index in [1.54, 1.807) is 0 Å². The number of hydrogen-bond donors (Lipinski definition) is 3. The molecule has 1 aromatic carbocycles. The normalized spacial score (nSPS) is 10.9. The number of rotatable bonds is 9. The minimum absolute atomic E-state index is 0.0672. The van der Waals surface area contributed by atoms with Crippen molar-refractivity contribution in [3.63, 3.8) is 0 Å². The smallest absolute Gasteiger partial charge is 0.220 e. The van der Waals surface area contributed by atoms with E-state index in [2.05, 4.69) is 15.3 Å². The summed E-state index contributed by atoms with van der Waals surface area (Å²) in [6, 6.07) is 7.87. The molecular weight excluding hydrogens is 266 g/mol. The number of benzene rings is 1. The summed E-state index contributed by atoms with van der Waals surface area (Å²) in [6.07, 6.45) is 4.97. The van der Waals surface area contributed by atoms with Gasteiger partial charge >= 0.3 is 0 Å². The zero-order valence-corrected chi connectivity index (χ0v) is 12.3. The second-order valence-electron chi connectivity index (χ2n) is 5.19. The summed E-state index contributed by atoms with van der Waals surface area (Å²) < 4.78 is 0. The number of aryl methyl sites for hydroxylation is 1. The Labute approximate surface area is 124 Å². The van der Waals surface area contributed by atoms with E-state index in [1.807, 2.05) is 24.3 Å². The first-order valence-corrected chi connectivity index (χ1v) is 7.61. The van der Waals surface area contributed by atoms with E-state index in [4.69, 9.17) is 5.11 Å². The van der Waals surface area contributed by atoms with Crippen LogP contribution >= 0.6 is 0 Å². The summed E-state index contributed by atoms with van der Waals surface area (Å²) in [6.45, 7) is 0.967. The molecule has 0 aliphatic rings. The quantitative estimate of drug-likeness (QED) is 0.619. The summed E-state index contributed by atoms with van der Waals surface area (Å²) in [5, 5.41) is 11.6. The van der Waals surface area contributed by atoms with Gasteiger partial charge in [0.05, 0.1) is 11.0 Å². The van der Waals surface area contributed by atoms with Crippen molar-refractivity contribution in [3.05, 3.63) is 30.1 Å². The molecule has 0 spiro atoms. The van der Waals surface area contributed by atoms with Crippen molar-refractivity contribution in [3.8, 4) is 0 Å². The number of aliphatic hydroxyl groups excluding tert-OH is 1. The standard InChI is InChI=1S/C16H23N3O2/c20-12-6-2-1-5-11-17-16(21)10-9-15-18-13-7-3-4-8-14(13)19-15/h3-4,7-8,20H,1-2,5-6,9-12H2,(H,17,21)(H,18,19). The number of fused-ring (bicyclic) bond motifs is 1. The van der Waals surface area contributed by atoms with E-state index in [0.717, 1.165) is 42.5 Å². The minimum Gasteiger partial charge on any atom is -0.396 e. The van der Waals surface area contributed by atoms with Crippen molar-refractivity contribution < 1.29 is 9.90 Å². The zero-order chi connectivity index (χ0) is 14.9. The fourth-order valence-corrected chi connectivity index (χ4v) is 2.26. The maximum Gasteiger partial charge on any atom is 0.220 e. The fourth-order valence-electron chi connectivity index (χ4n) is 2.26. The molecule has 0 radical (unpaired) electrons. The number of amides is 1. The number of carbonyl (C=O) groups is 1. The van der Waals surface area contributed by atoms with Crippen molar-refractivity contribution in [1.29, 1.82) is 0 Å². The molecule has 0 atom stereocenters. The monoisotopic (exact) mass is 289 g/mol. The summed E-state index contributed by atoms with van der Waals surface area (Å²) >= 11 is 0. The summed E-state index contributed by atoms with van der Waals surface area (Å²) in [5.41, 5.74) is 1.95. The topological polar surface area (TPSA) is 78.0 Å². The van der Waals surface area contributed by atoms with Crippen molar-refractivity contribution in [1.82, 2.24) is 15.3 Å². The van der Waals surface area contributed by atoms with Crippen molar-refractivity contribution in [2.24, 2.45) is 0 Å². The second kappa shape index (κ2) is 8.42. The third-order valence-electron chi connectivity index (χ3n) is 3.43. The number of imidazole rings is 1. The Hall–Kier alpha value is -1.88. The van der Waals surface area contributed by atoms with Crippen LogP contribution in [0.5, 0.6) is 0 Å².